The number of hydrogen-bond donors (Lipinski definition) is 1. The minimum Gasteiger partial charge on any atom is -0.492 e. The van der Waals surface area contributed by atoms with Crippen molar-refractivity contribution in [3.63, 3.8) is 0 Å². The van der Waals surface area contributed by atoms with Crippen LogP contribution in [0.2, 0.25) is 0 Å². The molecular weight excluding hydrogens is 328 g/mol. The van der Waals surface area contributed by atoms with Crippen molar-refractivity contribution in [1.29, 1.82) is 0 Å². The number of amides is 2. The largest absolute Gasteiger partial charge is 0.492 e. The smallest absolute Gasteiger partial charge is 0.278 e. The lowest BCUT2D eigenvalue weighted by Gasteiger charge is -2.14. The molecule has 0 aromatic heterocycles. The Balaban J connectivity index is 2.08. The van der Waals surface area contributed by atoms with Crippen LogP contribution in [0.3, 0.4) is 0 Å². The molecule has 2 aromatic rings. The number of likely N-dealkylation sites (N-methyl/N-ethyl adjacent to an activating group) is 1. The molecule has 0 saturated heterocycles. The van der Waals surface area contributed by atoms with E-state index < -0.39 is 0 Å². The van der Waals surface area contributed by atoms with Crippen molar-refractivity contribution in [1.82, 2.24) is 4.90 Å². The number of carbonyl (C=O) groups is 2. The molecule has 1 aliphatic heterocycles. The third-order valence-electron chi connectivity index (χ3n) is 4.27. The fourth-order valence-corrected chi connectivity index (χ4v) is 2.95. The number of hydrogen-bond acceptors (Lipinski definition) is 4. The van der Waals surface area contributed by atoms with Crippen LogP contribution in [0.15, 0.2) is 54.2 Å². The Labute approximate surface area is 153 Å². The van der Waals surface area contributed by atoms with Gasteiger partial charge in [0, 0.05) is 6.54 Å². The van der Waals surface area contributed by atoms with E-state index in [0.29, 0.717) is 30.2 Å². The number of rotatable bonds is 6. The van der Waals surface area contributed by atoms with E-state index in [1.54, 1.807) is 6.92 Å². The Kier molecular flexibility index (Phi) is 5.07. The lowest BCUT2D eigenvalue weighted by Crippen LogP contribution is -2.32. The van der Waals surface area contributed by atoms with Crippen LogP contribution >= 0.6 is 0 Å². The molecular formula is C21H22N2O3. The topological polar surface area (TPSA) is 58.6 Å². The zero-order valence-electron chi connectivity index (χ0n) is 15.2. The van der Waals surface area contributed by atoms with Crippen molar-refractivity contribution in [2.45, 2.75) is 20.8 Å². The van der Waals surface area contributed by atoms with Gasteiger partial charge in [-0.25, -0.2) is 0 Å². The van der Waals surface area contributed by atoms with E-state index >= 15 is 0 Å². The molecule has 5 nitrogen and oxygen atoms in total. The maximum Gasteiger partial charge on any atom is 0.278 e. The van der Waals surface area contributed by atoms with E-state index in [2.05, 4.69) is 5.32 Å². The summed E-state index contributed by atoms with van der Waals surface area (Å²) in [5, 5.41) is 3.14. The molecule has 0 atom stereocenters. The molecule has 1 N–H and O–H groups in total. The van der Waals surface area contributed by atoms with E-state index in [9.17, 15) is 9.59 Å². The zero-order chi connectivity index (χ0) is 18.7. The van der Waals surface area contributed by atoms with Gasteiger partial charge in [0.25, 0.3) is 11.8 Å². The highest BCUT2D eigenvalue weighted by Gasteiger charge is 2.38. The standard InChI is InChI=1S/C21H22N2O3/c1-4-23-20(24)18(15-12-10-14(3)11-13-15)19(21(23)25)22-16-8-6-7-9-17(16)26-5-2/h6-13,22H,4-5H2,1-3H3. The minimum absolute atomic E-state index is 0.280. The lowest BCUT2D eigenvalue weighted by molar-refractivity contribution is -0.136. The zero-order valence-corrected chi connectivity index (χ0v) is 15.2. The number of nitrogens with one attached hydrogen (secondary N) is 1. The van der Waals surface area contributed by atoms with Crippen LogP contribution in [0.25, 0.3) is 5.57 Å². The number of aryl methyl sites for hydroxylation is 1. The molecule has 1 aliphatic rings. The molecule has 2 aromatic carbocycles. The highest BCUT2D eigenvalue weighted by Crippen LogP contribution is 2.33. The van der Waals surface area contributed by atoms with Gasteiger partial charge in [-0.2, -0.15) is 0 Å². The highest BCUT2D eigenvalue weighted by molar-refractivity contribution is 6.36. The molecule has 0 unspecified atom stereocenters. The van der Waals surface area contributed by atoms with Crippen molar-refractivity contribution in [3.8, 4) is 5.75 Å². The molecule has 1 heterocycles. The van der Waals surface area contributed by atoms with Crippen molar-refractivity contribution in [2.24, 2.45) is 0 Å². The van der Waals surface area contributed by atoms with Gasteiger partial charge < -0.3 is 10.1 Å². The van der Waals surface area contributed by atoms with Crippen molar-refractivity contribution in [3.05, 3.63) is 65.4 Å². The van der Waals surface area contributed by atoms with Gasteiger partial charge in [0.05, 0.1) is 17.9 Å². The summed E-state index contributed by atoms with van der Waals surface area (Å²) in [6.45, 7) is 6.51. The van der Waals surface area contributed by atoms with Crippen LogP contribution < -0.4 is 10.1 Å². The second-order valence-corrected chi connectivity index (χ2v) is 6.02. The molecule has 5 heteroatoms. The summed E-state index contributed by atoms with van der Waals surface area (Å²) in [6, 6.07) is 15.0. The first-order valence-electron chi connectivity index (χ1n) is 8.73. The van der Waals surface area contributed by atoms with Gasteiger partial charge in [-0.05, 0) is 38.5 Å². The summed E-state index contributed by atoms with van der Waals surface area (Å²) in [6.07, 6.45) is 0. The van der Waals surface area contributed by atoms with E-state index in [1.165, 1.54) is 4.90 Å². The van der Waals surface area contributed by atoms with Crippen LogP contribution in [0.1, 0.15) is 25.0 Å². The third-order valence-corrected chi connectivity index (χ3v) is 4.27. The summed E-state index contributed by atoms with van der Waals surface area (Å²) >= 11 is 0. The van der Waals surface area contributed by atoms with Gasteiger partial charge in [0.1, 0.15) is 11.4 Å². The quantitative estimate of drug-likeness (QED) is 0.809. The SMILES string of the molecule is CCOc1ccccc1NC1=C(c2ccc(C)cc2)C(=O)N(CC)C1=O. The van der Waals surface area contributed by atoms with Crippen molar-refractivity contribution < 1.29 is 14.3 Å². The van der Waals surface area contributed by atoms with E-state index in [0.717, 1.165) is 11.1 Å². The van der Waals surface area contributed by atoms with Gasteiger partial charge in [-0.15, -0.1) is 0 Å². The maximum absolute atomic E-state index is 12.8. The normalized spacial score (nSPS) is 14.2. The second-order valence-electron chi connectivity index (χ2n) is 6.02. The molecule has 26 heavy (non-hydrogen) atoms. The molecule has 2 amide bonds. The Bertz CT molecular complexity index is 869. The molecule has 0 radical (unpaired) electrons. The minimum atomic E-state index is -0.320. The van der Waals surface area contributed by atoms with Gasteiger partial charge in [0.15, 0.2) is 0 Å². The van der Waals surface area contributed by atoms with Crippen LogP contribution in [0.5, 0.6) is 5.75 Å². The first kappa shape index (κ1) is 17.7. The summed E-state index contributed by atoms with van der Waals surface area (Å²) in [5.41, 5.74) is 3.15. The van der Waals surface area contributed by atoms with Crippen molar-refractivity contribution >= 4 is 23.1 Å². The van der Waals surface area contributed by atoms with Crippen LogP contribution in [-0.2, 0) is 9.59 Å². The fraction of sp³-hybridized carbons (Fsp3) is 0.238. The van der Waals surface area contributed by atoms with E-state index in [-0.39, 0.29) is 17.5 Å². The summed E-state index contributed by atoms with van der Waals surface area (Å²) < 4.78 is 5.62. The number of anilines is 1. The highest BCUT2D eigenvalue weighted by atomic mass is 16.5. The number of nitrogens with zero attached hydrogens (tertiary/aromatic N) is 1. The molecule has 134 valence electrons. The Hall–Kier alpha value is -3.08. The van der Waals surface area contributed by atoms with Gasteiger partial charge in [-0.1, -0.05) is 42.0 Å². The Morgan fingerprint density at radius 2 is 1.65 bits per heavy atom. The Morgan fingerprint density at radius 1 is 0.962 bits per heavy atom. The van der Waals surface area contributed by atoms with Crippen LogP contribution in [0, 0.1) is 6.92 Å². The molecule has 0 saturated carbocycles. The summed E-state index contributed by atoms with van der Waals surface area (Å²) in [4.78, 5) is 26.9. The number of ether oxygens (including phenoxy) is 1. The Morgan fingerprint density at radius 3 is 2.31 bits per heavy atom. The number of benzene rings is 2. The molecule has 3 rings (SSSR count). The van der Waals surface area contributed by atoms with Gasteiger partial charge in [-0.3, -0.25) is 14.5 Å². The second kappa shape index (κ2) is 7.44. The number of imide groups is 1. The molecule has 0 bridgehead atoms. The predicted molar refractivity (Wildman–Crippen MR) is 102 cm³/mol. The molecule has 0 spiro atoms. The number of para-hydroxylation sites is 2. The van der Waals surface area contributed by atoms with E-state index in [1.807, 2.05) is 62.4 Å². The first-order chi connectivity index (χ1) is 12.6. The maximum atomic E-state index is 12.8. The van der Waals surface area contributed by atoms with Crippen molar-refractivity contribution in [2.75, 3.05) is 18.5 Å². The van der Waals surface area contributed by atoms with E-state index in [4.69, 9.17) is 4.74 Å². The van der Waals surface area contributed by atoms with Gasteiger partial charge in [0.2, 0.25) is 0 Å². The average molecular weight is 350 g/mol. The van der Waals surface area contributed by atoms with Crippen LogP contribution in [0.4, 0.5) is 5.69 Å². The third kappa shape index (κ3) is 3.20. The van der Waals surface area contributed by atoms with Gasteiger partial charge >= 0.3 is 0 Å². The number of carbonyl (C=O) groups excluding carboxylic acids is 2. The lowest BCUT2D eigenvalue weighted by atomic mass is 10.0. The monoisotopic (exact) mass is 350 g/mol. The molecule has 0 aliphatic carbocycles. The summed E-state index contributed by atoms with van der Waals surface area (Å²) in [5.74, 6) is 0.0399. The molecule has 0 fully saturated rings. The average Bonchev–Trinajstić information content (AvgIpc) is 2.87. The summed E-state index contributed by atoms with van der Waals surface area (Å²) in [7, 11) is 0. The van der Waals surface area contributed by atoms with Crippen LogP contribution in [-0.4, -0.2) is 29.9 Å². The first-order valence-corrected chi connectivity index (χ1v) is 8.73. The fourth-order valence-electron chi connectivity index (χ4n) is 2.95. The predicted octanol–water partition coefficient (Wildman–Crippen LogP) is 3.61.